The minimum atomic E-state index is -1.51. The van der Waals surface area contributed by atoms with Crippen molar-refractivity contribution in [3.05, 3.63) is 303 Å². The highest BCUT2D eigenvalue weighted by Crippen LogP contribution is 2.50. The van der Waals surface area contributed by atoms with E-state index < -0.39 is 33.1 Å². The molecule has 0 spiro atoms. The number of hydrogen-bond donors (Lipinski definition) is 5. The minimum Gasteiger partial charge on any atom is -0.497 e. The van der Waals surface area contributed by atoms with E-state index in [1.807, 2.05) is 78.9 Å². The molecule has 11 aromatic rings. The number of aliphatic hydroxyl groups is 2. The molecule has 137 heavy (non-hydrogen) atoms. The molecular weight excluding hydrogens is 1830 g/mol. The van der Waals surface area contributed by atoms with Crippen molar-refractivity contribution in [3.63, 3.8) is 0 Å². The van der Waals surface area contributed by atoms with Crippen molar-refractivity contribution in [1.82, 2.24) is 20.4 Å². The number of H-pyrrole nitrogens is 2. The molecule has 2 fully saturated rings. The van der Waals surface area contributed by atoms with Gasteiger partial charge in [-0.1, -0.05) is 90.5 Å². The van der Waals surface area contributed by atoms with Crippen LogP contribution in [-0.4, -0.2) is 151 Å². The zero-order chi connectivity index (χ0) is 99.1. The summed E-state index contributed by atoms with van der Waals surface area (Å²) in [6, 6.07) is 49.4. The molecule has 5 aliphatic carbocycles. The summed E-state index contributed by atoms with van der Waals surface area (Å²) in [5.41, 5.74) is 11.7. The first-order chi connectivity index (χ1) is 65.9. The topological polar surface area (TPSA) is 434 Å². The normalized spacial score (nSPS) is 16.0. The molecule has 0 aliphatic heterocycles. The number of fused-ring (bicyclic) bond motifs is 2. The largest absolute Gasteiger partial charge is 0.497 e. The number of ketones is 4. The standard InChI is InChI=1S/C24H23Cl2N3O3.C21H21N3O4.C21H21NO6.C14H18O3.C9H12O4.C7H4ClNO3.C6H8O/c1-4-20(30)27-16-8-6-5-7-14(16)24-15-10-9-13(11-17(15)28-29-24)21-22(25)18(31-2)12-19(32-3)23(21)26;1-27-15-9-14(10-16(12-15)28-2)13-7-8-17-19(11-13)22-23-21(17)18-5-3-4-6-20(18)24(25)26;1-27-15-9-14(10-16(12-15)28-2)13-7-8-18(20(23)11-13)21(24)17-5-3-4-6-19(17)22(25)26;1-16-13-7-11(8-14(9-13)17-2)10-4-3-5-12(15)6-10;1-12-7-3-6(9(10)11)4-8(5-7)13-2;8-7(10)5-3-1-2-4-6(5)9(11)12;7-6-4-2-1-3-5-6/h4-8,12-13H,1,9-11H2,2-3H3,(H,27,30)(H,28,29);3-6,9-10,12-13H,7-8,11H2,1-2H3,(H,22,23);3-6,9-10,12-13,18H,7-8,11H2,1-2H3;7-10H,3-6H2,1-2H3;3-5,9-11H,1-2H3;1-4H;2,4H,1,3,5H2/t2*13-;13-,18?;10-;;;/m0000.../s1. The van der Waals surface area contributed by atoms with Crippen molar-refractivity contribution in [1.29, 1.82) is 0 Å². The third-order valence-electron chi connectivity index (χ3n) is 23.7. The molecule has 35 heteroatoms. The van der Waals surface area contributed by atoms with Crippen LogP contribution in [0.3, 0.4) is 0 Å². The van der Waals surface area contributed by atoms with E-state index in [1.54, 1.807) is 105 Å². The lowest BCUT2D eigenvalue weighted by molar-refractivity contribution is -0.385. The first-order valence-electron chi connectivity index (χ1n) is 43.7. The number of para-hydroxylation sites is 4. The number of anilines is 1. The fourth-order valence-corrected chi connectivity index (χ4v) is 17.6. The maximum absolute atomic E-state index is 12.8. The number of nitrogens with one attached hydrogen (secondary N) is 3. The van der Waals surface area contributed by atoms with Gasteiger partial charge in [0.2, 0.25) is 5.91 Å². The Bertz CT molecular complexity index is 6040. The summed E-state index contributed by atoms with van der Waals surface area (Å²) < 4.78 is 52.6. The van der Waals surface area contributed by atoms with Crippen LogP contribution in [0.5, 0.6) is 57.5 Å². The second kappa shape index (κ2) is 50.9. The molecule has 2 heterocycles. The summed E-state index contributed by atoms with van der Waals surface area (Å²) in [5, 5.41) is 69.1. The van der Waals surface area contributed by atoms with Gasteiger partial charge in [-0.3, -0.25) is 69.3 Å². The van der Waals surface area contributed by atoms with Gasteiger partial charge in [-0.05, 0) is 214 Å². The molecule has 5 atom stereocenters. The second-order valence-electron chi connectivity index (χ2n) is 32.0. The SMILES string of the molecule is C=CC(=O)Nc1ccccc1-c1n[nH]c2c1CC[C@H](c1c(Cl)c(OC)cc(OC)c1Cl)C2.COc1cc(OC)cc(C(O)O)c1.COc1cc(OC)cc([C@H]2CCC(C(=O)c3ccccc3[N+](=O)[O-])C(=O)C2)c1.COc1cc(OC)cc([C@H]2CCCC(=O)C2)c1.COc1cc(OC)cc([C@H]2CCc3c(-c4ccccc4[N+](=O)[O-])n[nH]c3C2)c1.O=C(Cl)c1ccccc1[N+](=O)[O-].O=C1C=CCCC1. The van der Waals surface area contributed by atoms with Gasteiger partial charge in [-0.15, -0.1) is 0 Å². The van der Waals surface area contributed by atoms with E-state index in [2.05, 4.69) is 32.3 Å². The molecule has 1 unspecified atom stereocenters. The van der Waals surface area contributed by atoms with E-state index in [9.17, 15) is 59.1 Å². The van der Waals surface area contributed by atoms with Crippen LogP contribution in [0.2, 0.25) is 10.0 Å². The highest BCUT2D eigenvalue weighted by atomic mass is 35.5. The lowest BCUT2D eigenvalue weighted by Crippen LogP contribution is -2.30. The second-order valence-corrected chi connectivity index (χ2v) is 33.1. The fourth-order valence-electron chi connectivity index (χ4n) is 16.6. The van der Waals surface area contributed by atoms with Crippen LogP contribution in [0.1, 0.15) is 178 Å². The lowest BCUT2D eigenvalue weighted by atomic mass is 9.75. The number of hydrogen-bond acceptors (Lipinski definition) is 26. The quantitative estimate of drug-likeness (QED) is 0.00675. The molecule has 5 N–H and O–H groups in total. The minimum absolute atomic E-state index is 0.00708. The van der Waals surface area contributed by atoms with Crippen LogP contribution in [-0.2, 0) is 44.9 Å². The monoisotopic (exact) mass is 1930 g/mol. The number of nitro groups is 3. The lowest BCUT2D eigenvalue weighted by Gasteiger charge is -2.27. The number of aromatic amines is 2. The number of methoxy groups -OCH3 is 10. The van der Waals surface area contributed by atoms with E-state index in [-0.39, 0.29) is 68.8 Å². The average Bonchev–Trinajstić information content (AvgIpc) is 1.67. The Balaban J connectivity index is 0.000000172. The van der Waals surface area contributed by atoms with Crippen molar-refractivity contribution < 1.29 is 101 Å². The van der Waals surface area contributed by atoms with E-state index in [1.165, 1.54) is 81.0 Å². The molecule has 2 aromatic heterocycles. The molecule has 9 aromatic carbocycles. The maximum Gasteiger partial charge on any atom is 0.281 e. The predicted octanol–water partition coefficient (Wildman–Crippen LogP) is 20.9. The number of rotatable bonds is 25. The van der Waals surface area contributed by atoms with Crippen LogP contribution in [0.4, 0.5) is 22.7 Å². The Morgan fingerprint density at radius 3 is 1.31 bits per heavy atom. The zero-order valence-corrected chi connectivity index (χ0v) is 79.5. The highest BCUT2D eigenvalue weighted by molar-refractivity contribution is 6.68. The van der Waals surface area contributed by atoms with Crippen LogP contribution in [0.25, 0.3) is 22.5 Å². The van der Waals surface area contributed by atoms with Gasteiger partial charge < -0.3 is 62.9 Å². The van der Waals surface area contributed by atoms with E-state index in [0.29, 0.717) is 110 Å². The Morgan fingerprint density at radius 2 is 0.891 bits per heavy atom. The molecule has 2 saturated carbocycles. The summed E-state index contributed by atoms with van der Waals surface area (Å²) >= 11 is 18.4. The molecule has 16 rings (SSSR count). The fraction of sp³-hybridized carbons (Fsp3) is 0.314. The van der Waals surface area contributed by atoms with Gasteiger partial charge in [-0.2, -0.15) is 10.2 Å². The summed E-state index contributed by atoms with van der Waals surface area (Å²) in [6.45, 7) is 3.52. The van der Waals surface area contributed by atoms with Crippen molar-refractivity contribution in [2.75, 3.05) is 76.4 Å². The Hall–Kier alpha value is -14.3. The number of amides is 1. The van der Waals surface area contributed by atoms with Crippen LogP contribution < -0.4 is 52.7 Å². The summed E-state index contributed by atoms with van der Waals surface area (Å²) in [7, 11) is 15.8. The van der Waals surface area contributed by atoms with E-state index in [4.69, 9.17) is 92.4 Å². The number of aromatic nitrogens is 4. The number of halogens is 3. The van der Waals surface area contributed by atoms with Crippen molar-refractivity contribution in [2.24, 2.45) is 5.92 Å². The van der Waals surface area contributed by atoms with Crippen LogP contribution >= 0.6 is 34.8 Å². The van der Waals surface area contributed by atoms with Gasteiger partial charge in [0.25, 0.3) is 22.3 Å². The molecule has 0 saturated heterocycles. The number of carbonyl (C=O) groups excluding carboxylic acids is 6. The average molecular weight is 1940 g/mol. The molecule has 0 radical (unpaired) electrons. The van der Waals surface area contributed by atoms with Gasteiger partial charge in [0.1, 0.15) is 80.3 Å². The molecule has 32 nitrogen and oxygen atoms in total. The zero-order valence-electron chi connectivity index (χ0n) is 77.2. The maximum atomic E-state index is 12.8. The molecule has 1 amide bonds. The molecule has 5 aliphatic rings. The summed E-state index contributed by atoms with van der Waals surface area (Å²) in [5.74, 6) is 6.04. The number of nitro benzene ring substituents is 3. The molecule has 720 valence electrons. The Kier molecular flexibility index (Phi) is 38.9. The van der Waals surface area contributed by atoms with Crippen molar-refractivity contribution in [3.8, 4) is 80.0 Å². The number of Topliss-reactive ketones (excluding diaryl/α,β-unsaturated/α-hetero) is 3. The molecular formula is C102H107Cl3N8O24. The van der Waals surface area contributed by atoms with Crippen LogP contribution in [0.15, 0.2) is 201 Å². The first kappa shape index (κ1) is 105. The number of ether oxygens (including phenoxy) is 10. The van der Waals surface area contributed by atoms with Crippen molar-refractivity contribution in [2.45, 2.75) is 133 Å². The summed E-state index contributed by atoms with van der Waals surface area (Å²) in [6.07, 6.45) is 15.7. The summed E-state index contributed by atoms with van der Waals surface area (Å²) in [4.78, 5) is 101. The number of benzene rings is 9. The van der Waals surface area contributed by atoms with Gasteiger partial charge in [0, 0.05) is 113 Å². The van der Waals surface area contributed by atoms with E-state index in [0.717, 1.165) is 150 Å². The van der Waals surface area contributed by atoms with Gasteiger partial charge in [0.15, 0.2) is 17.9 Å². The number of aliphatic hydroxyl groups excluding tert-OH is 1. The number of carbonyl (C=O) groups is 6. The third kappa shape index (κ3) is 27.7. The van der Waals surface area contributed by atoms with Crippen molar-refractivity contribution >= 4 is 91.8 Å². The van der Waals surface area contributed by atoms with Gasteiger partial charge >= 0.3 is 0 Å². The van der Waals surface area contributed by atoms with E-state index >= 15 is 0 Å². The van der Waals surface area contributed by atoms with Gasteiger partial charge in [0.05, 0.1) is 124 Å². The van der Waals surface area contributed by atoms with Crippen LogP contribution in [0, 0.1) is 36.3 Å². The first-order valence-corrected chi connectivity index (χ1v) is 44.8. The highest BCUT2D eigenvalue weighted by Gasteiger charge is 2.38. The van der Waals surface area contributed by atoms with Gasteiger partial charge in [-0.25, -0.2) is 0 Å². The number of allylic oxidation sites excluding steroid dienone is 2. The predicted molar refractivity (Wildman–Crippen MR) is 518 cm³/mol. The molecule has 0 bridgehead atoms. The number of nitrogens with zero attached hydrogens (tertiary/aromatic N) is 5. The smallest absolute Gasteiger partial charge is 0.281 e. The Labute approximate surface area is 806 Å². The Morgan fingerprint density at radius 1 is 0.474 bits per heavy atom. The third-order valence-corrected chi connectivity index (χ3v) is 24.7.